The minimum atomic E-state index is -0.662. The first-order chi connectivity index (χ1) is 11.8. The standard InChI is InChI=1S/C16H17N5O4/c1-7(2)12-14(23)20-9-6-19-16(21-15(9)25-12)24-11-5-8(13(17)18)3-4-10(11)22/h3-7,12,22H,1-2H3,(H3,17,18)(H,20,23). The second-order valence-electron chi connectivity index (χ2n) is 5.84. The Morgan fingerprint density at radius 3 is 2.92 bits per heavy atom. The van der Waals surface area contributed by atoms with Crippen LogP contribution in [0.5, 0.6) is 23.4 Å². The average Bonchev–Trinajstić information content (AvgIpc) is 2.56. The van der Waals surface area contributed by atoms with Gasteiger partial charge in [0.15, 0.2) is 17.6 Å². The first-order valence-electron chi connectivity index (χ1n) is 7.55. The molecular formula is C16H17N5O4. The van der Waals surface area contributed by atoms with Crippen LogP contribution >= 0.6 is 0 Å². The number of ether oxygens (including phenoxy) is 2. The molecular weight excluding hydrogens is 326 g/mol. The number of nitrogens with one attached hydrogen (secondary N) is 2. The third-order valence-corrected chi connectivity index (χ3v) is 3.56. The highest BCUT2D eigenvalue weighted by Crippen LogP contribution is 2.34. The van der Waals surface area contributed by atoms with Gasteiger partial charge in [-0.3, -0.25) is 10.2 Å². The number of aromatic nitrogens is 2. The number of carbonyl (C=O) groups is 1. The monoisotopic (exact) mass is 343 g/mol. The van der Waals surface area contributed by atoms with Crippen LogP contribution in [-0.2, 0) is 4.79 Å². The molecule has 0 spiro atoms. The van der Waals surface area contributed by atoms with Gasteiger partial charge in [-0.1, -0.05) is 13.8 Å². The third-order valence-electron chi connectivity index (χ3n) is 3.56. The lowest BCUT2D eigenvalue weighted by atomic mass is 10.1. The quantitative estimate of drug-likeness (QED) is 0.487. The topological polar surface area (TPSA) is 143 Å². The predicted molar refractivity (Wildman–Crippen MR) is 89.1 cm³/mol. The van der Waals surface area contributed by atoms with Crippen LogP contribution in [0.3, 0.4) is 0 Å². The van der Waals surface area contributed by atoms with Gasteiger partial charge >= 0.3 is 6.01 Å². The molecule has 25 heavy (non-hydrogen) atoms. The molecule has 1 aliphatic rings. The fourth-order valence-electron chi connectivity index (χ4n) is 2.25. The Bertz CT molecular complexity index is 852. The Labute approximate surface area is 143 Å². The van der Waals surface area contributed by atoms with Crippen molar-refractivity contribution >= 4 is 17.4 Å². The summed E-state index contributed by atoms with van der Waals surface area (Å²) in [6.45, 7) is 3.72. The van der Waals surface area contributed by atoms with E-state index in [1.165, 1.54) is 24.4 Å². The number of amidine groups is 1. The van der Waals surface area contributed by atoms with Gasteiger partial charge in [0, 0.05) is 5.56 Å². The Morgan fingerprint density at radius 2 is 2.24 bits per heavy atom. The van der Waals surface area contributed by atoms with Crippen molar-refractivity contribution in [2.75, 3.05) is 5.32 Å². The van der Waals surface area contributed by atoms with Crippen molar-refractivity contribution < 1.29 is 19.4 Å². The lowest BCUT2D eigenvalue weighted by Crippen LogP contribution is -2.41. The van der Waals surface area contributed by atoms with Crippen molar-refractivity contribution in [3.8, 4) is 23.4 Å². The van der Waals surface area contributed by atoms with E-state index in [1.807, 2.05) is 13.8 Å². The molecule has 0 saturated carbocycles. The summed E-state index contributed by atoms with van der Waals surface area (Å²) in [6.07, 6.45) is 0.697. The molecule has 9 nitrogen and oxygen atoms in total. The van der Waals surface area contributed by atoms with E-state index in [0.29, 0.717) is 11.3 Å². The molecule has 3 rings (SSSR count). The number of nitrogen functional groups attached to an aromatic ring is 1. The maximum atomic E-state index is 11.9. The number of amides is 1. The van der Waals surface area contributed by atoms with Crippen LogP contribution in [0.15, 0.2) is 24.4 Å². The van der Waals surface area contributed by atoms with Gasteiger partial charge in [0.1, 0.15) is 11.5 Å². The number of nitrogens with zero attached hydrogens (tertiary/aromatic N) is 2. The summed E-state index contributed by atoms with van der Waals surface area (Å²) in [7, 11) is 0. The van der Waals surface area contributed by atoms with E-state index in [0.717, 1.165) is 0 Å². The van der Waals surface area contributed by atoms with Crippen molar-refractivity contribution in [1.29, 1.82) is 5.41 Å². The molecule has 2 aromatic rings. The number of fused-ring (bicyclic) bond motifs is 1. The Morgan fingerprint density at radius 1 is 1.48 bits per heavy atom. The van der Waals surface area contributed by atoms with Gasteiger partial charge in [0.2, 0.25) is 5.88 Å². The van der Waals surface area contributed by atoms with E-state index < -0.39 is 6.10 Å². The van der Waals surface area contributed by atoms with Crippen molar-refractivity contribution in [2.45, 2.75) is 20.0 Å². The zero-order chi connectivity index (χ0) is 18.1. The van der Waals surface area contributed by atoms with Gasteiger partial charge in [-0.25, -0.2) is 4.98 Å². The van der Waals surface area contributed by atoms with E-state index in [-0.39, 0.29) is 41.1 Å². The molecule has 1 aromatic heterocycles. The first-order valence-corrected chi connectivity index (χ1v) is 7.55. The maximum absolute atomic E-state index is 11.9. The van der Waals surface area contributed by atoms with Gasteiger partial charge in [-0.2, -0.15) is 4.98 Å². The smallest absolute Gasteiger partial charge is 0.325 e. The van der Waals surface area contributed by atoms with Crippen LogP contribution in [0.1, 0.15) is 19.4 Å². The van der Waals surface area contributed by atoms with Crippen LogP contribution in [-0.4, -0.2) is 32.9 Å². The molecule has 5 N–H and O–H groups in total. The van der Waals surface area contributed by atoms with Gasteiger partial charge in [0.25, 0.3) is 5.91 Å². The molecule has 0 fully saturated rings. The highest BCUT2D eigenvalue weighted by atomic mass is 16.5. The van der Waals surface area contributed by atoms with E-state index in [1.54, 1.807) is 0 Å². The van der Waals surface area contributed by atoms with Crippen LogP contribution in [0, 0.1) is 11.3 Å². The number of anilines is 1. The lowest BCUT2D eigenvalue weighted by Gasteiger charge is -2.26. The minimum Gasteiger partial charge on any atom is -0.504 e. The average molecular weight is 343 g/mol. The number of hydrogen-bond acceptors (Lipinski definition) is 7. The molecule has 1 aromatic carbocycles. The third kappa shape index (κ3) is 3.30. The fourth-order valence-corrected chi connectivity index (χ4v) is 2.25. The van der Waals surface area contributed by atoms with E-state index in [9.17, 15) is 9.90 Å². The van der Waals surface area contributed by atoms with Gasteiger partial charge in [-0.05, 0) is 24.1 Å². The molecule has 0 bridgehead atoms. The van der Waals surface area contributed by atoms with Crippen LogP contribution in [0.25, 0.3) is 0 Å². The van der Waals surface area contributed by atoms with Crippen LogP contribution < -0.4 is 20.5 Å². The first kappa shape index (κ1) is 16.5. The molecule has 0 radical (unpaired) electrons. The lowest BCUT2D eigenvalue weighted by molar-refractivity contribution is -0.125. The van der Waals surface area contributed by atoms with Gasteiger partial charge in [0.05, 0.1) is 6.20 Å². The number of phenolic OH excluding ortho intramolecular Hbond substituents is 1. The number of rotatable bonds is 4. The summed E-state index contributed by atoms with van der Waals surface area (Å²) in [6, 6.07) is 4.17. The number of aromatic hydroxyl groups is 1. The van der Waals surface area contributed by atoms with E-state index >= 15 is 0 Å². The SMILES string of the molecule is CC(C)C1Oc2nc(Oc3cc(C(=N)N)ccc3O)ncc2NC1=O. The van der Waals surface area contributed by atoms with Crippen LogP contribution in [0.4, 0.5) is 5.69 Å². The van der Waals surface area contributed by atoms with Crippen molar-refractivity contribution in [2.24, 2.45) is 11.7 Å². The number of nitrogens with two attached hydrogens (primary N) is 1. The second-order valence-corrected chi connectivity index (χ2v) is 5.84. The zero-order valence-electron chi connectivity index (χ0n) is 13.6. The summed E-state index contributed by atoms with van der Waals surface area (Å²) in [5.41, 5.74) is 6.16. The summed E-state index contributed by atoms with van der Waals surface area (Å²) < 4.78 is 11.1. The molecule has 1 unspecified atom stereocenters. The highest BCUT2D eigenvalue weighted by Gasteiger charge is 2.31. The predicted octanol–water partition coefficient (Wildman–Crippen LogP) is 1.61. The molecule has 130 valence electrons. The zero-order valence-corrected chi connectivity index (χ0v) is 13.6. The molecule has 0 saturated heterocycles. The Kier molecular flexibility index (Phi) is 4.14. The number of carbonyl (C=O) groups excluding carboxylic acids is 1. The molecule has 0 aliphatic carbocycles. The maximum Gasteiger partial charge on any atom is 0.325 e. The van der Waals surface area contributed by atoms with Crippen molar-refractivity contribution in [1.82, 2.24) is 9.97 Å². The summed E-state index contributed by atoms with van der Waals surface area (Å²) in [5.74, 6) is -0.378. The van der Waals surface area contributed by atoms with Crippen LogP contribution in [0.2, 0.25) is 0 Å². The Balaban J connectivity index is 1.89. The van der Waals surface area contributed by atoms with Gasteiger partial charge in [-0.15, -0.1) is 0 Å². The van der Waals surface area contributed by atoms with E-state index in [2.05, 4.69) is 15.3 Å². The molecule has 1 atom stereocenters. The van der Waals surface area contributed by atoms with Crippen molar-refractivity contribution in [3.05, 3.63) is 30.0 Å². The van der Waals surface area contributed by atoms with Crippen molar-refractivity contribution in [3.63, 3.8) is 0 Å². The largest absolute Gasteiger partial charge is 0.504 e. The van der Waals surface area contributed by atoms with E-state index in [4.69, 9.17) is 20.6 Å². The minimum absolute atomic E-state index is 0.0382. The fraction of sp³-hybridized carbons (Fsp3) is 0.250. The number of hydrogen-bond donors (Lipinski definition) is 4. The number of benzene rings is 1. The molecule has 1 aliphatic heterocycles. The van der Waals surface area contributed by atoms with Gasteiger partial charge < -0.3 is 25.6 Å². The number of phenols is 1. The normalized spacial score (nSPS) is 16.0. The summed E-state index contributed by atoms with van der Waals surface area (Å²) >= 11 is 0. The summed E-state index contributed by atoms with van der Waals surface area (Å²) in [5, 5.41) is 20.0. The molecule has 9 heteroatoms. The Hall–Kier alpha value is -3.36. The summed E-state index contributed by atoms with van der Waals surface area (Å²) in [4.78, 5) is 20.0. The highest BCUT2D eigenvalue weighted by molar-refractivity contribution is 5.97. The molecule has 2 heterocycles. The second kappa shape index (κ2) is 6.27. The molecule has 1 amide bonds.